The Morgan fingerprint density at radius 2 is 1.75 bits per heavy atom. The van der Waals surface area contributed by atoms with Crippen LogP contribution in [0, 0.1) is 5.92 Å². The zero-order valence-corrected chi connectivity index (χ0v) is 10.8. The molecule has 0 bridgehead atoms. The molecule has 0 fully saturated rings. The van der Waals surface area contributed by atoms with Crippen LogP contribution in [0.2, 0.25) is 0 Å². The maximum atomic E-state index is 9.70. The standard InChI is InChI=1S/C12H26O4/c1-5-12(14)9(2)6-11(13)8-16-10(3)7-15-4/h9-14H,5-8H2,1-4H3. The van der Waals surface area contributed by atoms with Crippen LogP contribution in [0.1, 0.15) is 33.6 Å². The van der Waals surface area contributed by atoms with Crippen molar-refractivity contribution in [3.05, 3.63) is 0 Å². The lowest BCUT2D eigenvalue weighted by molar-refractivity contribution is -0.0423. The van der Waals surface area contributed by atoms with Gasteiger partial charge in [0, 0.05) is 7.11 Å². The Bertz CT molecular complexity index is 163. The van der Waals surface area contributed by atoms with E-state index in [9.17, 15) is 10.2 Å². The summed E-state index contributed by atoms with van der Waals surface area (Å²) in [6, 6.07) is 0. The lowest BCUT2D eigenvalue weighted by atomic mass is 9.96. The van der Waals surface area contributed by atoms with E-state index in [1.54, 1.807) is 7.11 Å². The summed E-state index contributed by atoms with van der Waals surface area (Å²) in [5, 5.41) is 19.3. The molecular formula is C12H26O4. The molecule has 0 radical (unpaired) electrons. The van der Waals surface area contributed by atoms with Crippen LogP contribution < -0.4 is 0 Å². The molecule has 0 spiro atoms. The van der Waals surface area contributed by atoms with Crippen LogP contribution in [0.3, 0.4) is 0 Å². The van der Waals surface area contributed by atoms with Crippen molar-refractivity contribution in [1.29, 1.82) is 0 Å². The number of hydrogen-bond acceptors (Lipinski definition) is 4. The first-order chi connectivity index (χ1) is 7.51. The van der Waals surface area contributed by atoms with Gasteiger partial charge in [-0.1, -0.05) is 13.8 Å². The quantitative estimate of drug-likeness (QED) is 0.629. The van der Waals surface area contributed by atoms with Crippen molar-refractivity contribution in [3.8, 4) is 0 Å². The monoisotopic (exact) mass is 234 g/mol. The van der Waals surface area contributed by atoms with Crippen LogP contribution in [-0.4, -0.2) is 48.8 Å². The number of aliphatic hydroxyl groups is 2. The van der Waals surface area contributed by atoms with Crippen molar-refractivity contribution < 1.29 is 19.7 Å². The summed E-state index contributed by atoms with van der Waals surface area (Å²) in [7, 11) is 1.62. The summed E-state index contributed by atoms with van der Waals surface area (Å²) in [4.78, 5) is 0. The second-order valence-electron chi connectivity index (χ2n) is 4.44. The maximum Gasteiger partial charge on any atom is 0.0781 e. The van der Waals surface area contributed by atoms with E-state index in [-0.39, 0.29) is 18.1 Å². The summed E-state index contributed by atoms with van der Waals surface area (Å²) < 4.78 is 10.3. The summed E-state index contributed by atoms with van der Waals surface area (Å²) in [5.41, 5.74) is 0. The number of hydrogen-bond donors (Lipinski definition) is 2. The molecule has 4 unspecified atom stereocenters. The largest absolute Gasteiger partial charge is 0.393 e. The zero-order chi connectivity index (χ0) is 12.6. The summed E-state index contributed by atoms with van der Waals surface area (Å²) >= 11 is 0. The van der Waals surface area contributed by atoms with Gasteiger partial charge in [0.15, 0.2) is 0 Å². The lowest BCUT2D eigenvalue weighted by Crippen LogP contribution is -2.27. The average Bonchev–Trinajstić information content (AvgIpc) is 2.25. The molecule has 4 nitrogen and oxygen atoms in total. The fourth-order valence-corrected chi connectivity index (χ4v) is 1.61. The van der Waals surface area contributed by atoms with Crippen molar-refractivity contribution in [1.82, 2.24) is 0 Å². The van der Waals surface area contributed by atoms with E-state index in [1.807, 2.05) is 20.8 Å². The highest BCUT2D eigenvalue weighted by Crippen LogP contribution is 2.14. The maximum absolute atomic E-state index is 9.70. The normalized spacial score (nSPS) is 19.1. The third-order valence-corrected chi connectivity index (χ3v) is 2.69. The molecule has 0 aliphatic carbocycles. The third-order valence-electron chi connectivity index (χ3n) is 2.69. The SMILES string of the molecule is CCC(O)C(C)CC(O)COC(C)COC. The van der Waals surface area contributed by atoms with Gasteiger partial charge in [-0.2, -0.15) is 0 Å². The fraction of sp³-hybridized carbons (Fsp3) is 1.00. The Labute approximate surface area is 98.6 Å². The number of ether oxygens (including phenoxy) is 2. The topological polar surface area (TPSA) is 58.9 Å². The molecule has 0 saturated heterocycles. The van der Waals surface area contributed by atoms with E-state index in [4.69, 9.17) is 9.47 Å². The molecule has 4 heteroatoms. The van der Waals surface area contributed by atoms with Gasteiger partial charge in [0.2, 0.25) is 0 Å². The van der Waals surface area contributed by atoms with Gasteiger partial charge in [-0.15, -0.1) is 0 Å². The first-order valence-electron chi connectivity index (χ1n) is 5.97. The second-order valence-corrected chi connectivity index (χ2v) is 4.44. The molecule has 0 aliphatic rings. The number of rotatable bonds is 9. The zero-order valence-electron chi connectivity index (χ0n) is 10.8. The van der Waals surface area contributed by atoms with Crippen molar-refractivity contribution >= 4 is 0 Å². The van der Waals surface area contributed by atoms with Gasteiger partial charge in [0.05, 0.1) is 31.5 Å². The summed E-state index contributed by atoms with van der Waals surface area (Å²) in [6.45, 7) is 6.60. The van der Waals surface area contributed by atoms with E-state index < -0.39 is 6.10 Å². The molecule has 0 saturated carbocycles. The van der Waals surface area contributed by atoms with Gasteiger partial charge in [0.1, 0.15) is 0 Å². The molecule has 0 heterocycles. The van der Waals surface area contributed by atoms with Crippen molar-refractivity contribution in [2.24, 2.45) is 5.92 Å². The van der Waals surface area contributed by atoms with E-state index >= 15 is 0 Å². The molecule has 98 valence electrons. The number of methoxy groups -OCH3 is 1. The van der Waals surface area contributed by atoms with Crippen LogP contribution in [-0.2, 0) is 9.47 Å². The summed E-state index contributed by atoms with van der Waals surface area (Å²) in [6.07, 6.45) is 0.413. The smallest absolute Gasteiger partial charge is 0.0781 e. The van der Waals surface area contributed by atoms with Crippen LogP contribution in [0.25, 0.3) is 0 Å². The Balaban J connectivity index is 3.68. The van der Waals surface area contributed by atoms with Gasteiger partial charge in [0.25, 0.3) is 0 Å². The van der Waals surface area contributed by atoms with Gasteiger partial charge in [-0.25, -0.2) is 0 Å². The Kier molecular flexibility index (Phi) is 8.84. The highest BCUT2D eigenvalue weighted by molar-refractivity contribution is 4.67. The molecule has 0 aromatic heterocycles. The van der Waals surface area contributed by atoms with Gasteiger partial charge in [-0.05, 0) is 25.7 Å². The molecule has 0 rings (SSSR count). The molecule has 2 N–H and O–H groups in total. The molecule has 0 aromatic rings. The van der Waals surface area contributed by atoms with Crippen molar-refractivity contribution in [2.75, 3.05) is 20.3 Å². The molecule has 16 heavy (non-hydrogen) atoms. The van der Waals surface area contributed by atoms with E-state index in [2.05, 4.69) is 0 Å². The Morgan fingerprint density at radius 1 is 1.12 bits per heavy atom. The van der Waals surface area contributed by atoms with Crippen LogP contribution in [0.4, 0.5) is 0 Å². The minimum absolute atomic E-state index is 0.00828. The second kappa shape index (κ2) is 8.93. The molecular weight excluding hydrogens is 208 g/mol. The molecule has 4 atom stereocenters. The highest BCUT2D eigenvalue weighted by atomic mass is 16.5. The van der Waals surface area contributed by atoms with E-state index in [1.165, 1.54) is 0 Å². The summed E-state index contributed by atoms with van der Waals surface area (Å²) in [5.74, 6) is 0.0985. The van der Waals surface area contributed by atoms with Crippen LogP contribution in [0.5, 0.6) is 0 Å². The predicted molar refractivity (Wildman–Crippen MR) is 63.4 cm³/mol. The molecule has 0 aromatic carbocycles. The lowest BCUT2D eigenvalue weighted by Gasteiger charge is -2.21. The van der Waals surface area contributed by atoms with Crippen LogP contribution in [0.15, 0.2) is 0 Å². The molecule has 0 amide bonds. The minimum Gasteiger partial charge on any atom is -0.393 e. The average molecular weight is 234 g/mol. The minimum atomic E-state index is -0.518. The Morgan fingerprint density at radius 3 is 2.25 bits per heavy atom. The first-order valence-corrected chi connectivity index (χ1v) is 5.97. The van der Waals surface area contributed by atoms with Crippen molar-refractivity contribution in [2.45, 2.75) is 51.9 Å². The van der Waals surface area contributed by atoms with Crippen molar-refractivity contribution in [3.63, 3.8) is 0 Å². The van der Waals surface area contributed by atoms with Gasteiger partial charge >= 0.3 is 0 Å². The van der Waals surface area contributed by atoms with Gasteiger partial charge in [-0.3, -0.25) is 0 Å². The third kappa shape index (κ3) is 7.17. The van der Waals surface area contributed by atoms with Gasteiger partial charge < -0.3 is 19.7 Å². The van der Waals surface area contributed by atoms with E-state index in [0.29, 0.717) is 19.6 Å². The Hall–Kier alpha value is -0.160. The van der Waals surface area contributed by atoms with Crippen LogP contribution >= 0.6 is 0 Å². The number of aliphatic hydroxyl groups excluding tert-OH is 2. The first kappa shape index (κ1) is 15.8. The molecule has 0 aliphatic heterocycles. The highest BCUT2D eigenvalue weighted by Gasteiger charge is 2.17. The fourth-order valence-electron chi connectivity index (χ4n) is 1.61. The van der Waals surface area contributed by atoms with E-state index in [0.717, 1.165) is 6.42 Å². The predicted octanol–water partition coefficient (Wildman–Crippen LogP) is 1.20.